The number of allylic oxidation sites excluding steroid dienone is 1. The first-order chi connectivity index (χ1) is 7.31. The summed E-state index contributed by atoms with van der Waals surface area (Å²) < 4.78 is 0. The molecule has 2 bridgehead atoms. The van der Waals surface area contributed by atoms with Gasteiger partial charge in [0.15, 0.2) is 0 Å². The molecule has 1 N–H and O–H groups in total. The van der Waals surface area contributed by atoms with Gasteiger partial charge in [0.25, 0.3) is 0 Å². The fraction of sp³-hybridized carbons (Fsp3) is 0.833. The molecule has 15 heavy (non-hydrogen) atoms. The van der Waals surface area contributed by atoms with Crippen molar-refractivity contribution >= 4 is 0 Å². The molecule has 3 fully saturated rings. The Balaban J connectivity index is 1.79. The number of rotatable bonds is 5. The van der Waals surface area contributed by atoms with Crippen molar-refractivity contribution in [1.29, 1.82) is 0 Å². The molecule has 0 spiro atoms. The second-order valence-corrected chi connectivity index (χ2v) is 4.69. The Hall–Kier alpha value is -0.380. The minimum atomic E-state index is -0.145. The van der Waals surface area contributed by atoms with Gasteiger partial charge >= 0.3 is 0 Å². The van der Waals surface area contributed by atoms with Crippen molar-refractivity contribution in [2.45, 2.75) is 31.4 Å². The van der Waals surface area contributed by atoms with Gasteiger partial charge in [-0.1, -0.05) is 6.08 Å². The number of hydrogen-bond donors (Lipinski definition) is 1. The third-order valence-electron chi connectivity index (χ3n) is 3.67. The first kappa shape index (κ1) is 11.1. The summed E-state index contributed by atoms with van der Waals surface area (Å²) in [6.07, 6.45) is 4.79. The molecule has 3 rings (SSSR count). The van der Waals surface area contributed by atoms with Crippen LogP contribution in [-0.2, 0) is 0 Å². The van der Waals surface area contributed by atoms with Crippen LogP contribution in [0.4, 0.5) is 0 Å². The highest BCUT2D eigenvalue weighted by Gasteiger charge is 2.35. The molecule has 0 amide bonds. The summed E-state index contributed by atoms with van der Waals surface area (Å²) in [7, 11) is 0. The van der Waals surface area contributed by atoms with E-state index in [9.17, 15) is 5.11 Å². The maximum absolute atomic E-state index is 10.1. The van der Waals surface area contributed by atoms with Crippen molar-refractivity contribution in [3.05, 3.63) is 12.7 Å². The number of aliphatic hydroxyl groups excluding tert-OH is 1. The number of nitrogens with zero attached hydrogens (tertiary/aromatic N) is 2. The van der Waals surface area contributed by atoms with Gasteiger partial charge < -0.3 is 5.11 Å². The third-order valence-corrected chi connectivity index (χ3v) is 3.67. The van der Waals surface area contributed by atoms with Crippen LogP contribution in [0.3, 0.4) is 0 Å². The molecule has 3 saturated heterocycles. The molecule has 2 unspecified atom stereocenters. The number of hydrogen-bond acceptors (Lipinski definition) is 3. The zero-order valence-corrected chi connectivity index (χ0v) is 9.44. The smallest absolute Gasteiger partial charge is 0.0708 e. The van der Waals surface area contributed by atoms with Gasteiger partial charge in [-0.25, -0.2) is 0 Å². The molecule has 3 aliphatic rings. The summed E-state index contributed by atoms with van der Waals surface area (Å²) in [5, 5.41) is 10.1. The Morgan fingerprint density at radius 1 is 1.33 bits per heavy atom. The Morgan fingerprint density at radius 2 is 2.07 bits per heavy atom. The van der Waals surface area contributed by atoms with Crippen molar-refractivity contribution in [1.82, 2.24) is 9.80 Å². The summed E-state index contributed by atoms with van der Waals surface area (Å²) in [4.78, 5) is 4.93. The van der Waals surface area contributed by atoms with E-state index in [2.05, 4.69) is 16.4 Å². The van der Waals surface area contributed by atoms with E-state index in [1.807, 2.05) is 6.08 Å². The van der Waals surface area contributed by atoms with Gasteiger partial charge in [0.05, 0.1) is 6.10 Å². The van der Waals surface area contributed by atoms with Gasteiger partial charge in [-0.15, -0.1) is 6.58 Å². The molecule has 0 aromatic rings. The van der Waals surface area contributed by atoms with E-state index >= 15 is 0 Å². The van der Waals surface area contributed by atoms with Crippen LogP contribution >= 0.6 is 0 Å². The molecule has 3 nitrogen and oxygen atoms in total. The molecular weight excluding hydrogens is 188 g/mol. The van der Waals surface area contributed by atoms with Crippen molar-refractivity contribution in [3.8, 4) is 0 Å². The molecule has 3 aliphatic heterocycles. The van der Waals surface area contributed by atoms with Crippen LogP contribution in [-0.4, -0.2) is 59.8 Å². The second-order valence-electron chi connectivity index (χ2n) is 4.69. The normalized spacial score (nSPS) is 36.5. The van der Waals surface area contributed by atoms with E-state index in [0.717, 1.165) is 38.9 Å². The van der Waals surface area contributed by atoms with Crippen molar-refractivity contribution in [2.75, 3.05) is 32.7 Å². The highest BCUT2D eigenvalue weighted by molar-refractivity contribution is 4.91. The fourth-order valence-corrected chi connectivity index (χ4v) is 2.69. The molecule has 0 saturated carbocycles. The van der Waals surface area contributed by atoms with Gasteiger partial charge in [-0.05, 0) is 19.3 Å². The van der Waals surface area contributed by atoms with E-state index in [1.54, 1.807) is 0 Å². The fourth-order valence-electron chi connectivity index (χ4n) is 2.69. The molecule has 0 aliphatic carbocycles. The van der Waals surface area contributed by atoms with Crippen LogP contribution in [0.1, 0.15) is 19.3 Å². The average molecular weight is 210 g/mol. The van der Waals surface area contributed by atoms with Gasteiger partial charge in [0.1, 0.15) is 0 Å². The number of piperazine rings is 3. The van der Waals surface area contributed by atoms with Crippen molar-refractivity contribution < 1.29 is 5.11 Å². The monoisotopic (exact) mass is 210 g/mol. The third kappa shape index (κ3) is 2.60. The lowest BCUT2D eigenvalue weighted by atomic mass is 9.98. The molecule has 0 aromatic carbocycles. The average Bonchev–Trinajstić information content (AvgIpc) is 2.30. The summed E-state index contributed by atoms with van der Waals surface area (Å²) >= 11 is 0. The van der Waals surface area contributed by atoms with Crippen molar-refractivity contribution in [2.24, 2.45) is 0 Å². The molecule has 3 heterocycles. The molecule has 2 atom stereocenters. The number of aliphatic hydroxyl groups is 1. The van der Waals surface area contributed by atoms with Gasteiger partial charge in [0, 0.05) is 38.8 Å². The van der Waals surface area contributed by atoms with Crippen LogP contribution < -0.4 is 0 Å². The topological polar surface area (TPSA) is 26.7 Å². The number of unbranched alkanes of at least 4 members (excludes halogenated alkanes) is 1. The summed E-state index contributed by atoms with van der Waals surface area (Å²) in [5.41, 5.74) is 0. The van der Waals surface area contributed by atoms with Gasteiger partial charge in [-0.3, -0.25) is 9.80 Å². The van der Waals surface area contributed by atoms with E-state index in [1.165, 1.54) is 13.1 Å². The molecule has 3 heteroatoms. The Morgan fingerprint density at radius 3 is 2.60 bits per heavy atom. The highest BCUT2D eigenvalue weighted by Crippen LogP contribution is 2.20. The maximum atomic E-state index is 10.1. The lowest BCUT2D eigenvalue weighted by Crippen LogP contribution is -2.64. The first-order valence-electron chi connectivity index (χ1n) is 6.06. The lowest BCUT2D eigenvalue weighted by molar-refractivity contribution is -0.0483. The maximum Gasteiger partial charge on any atom is 0.0708 e. The zero-order chi connectivity index (χ0) is 10.7. The number of fused-ring (bicyclic) bond motifs is 3. The Bertz CT molecular complexity index is 212. The van der Waals surface area contributed by atoms with E-state index in [0.29, 0.717) is 6.04 Å². The van der Waals surface area contributed by atoms with Gasteiger partial charge in [0.2, 0.25) is 0 Å². The quantitative estimate of drug-likeness (QED) is 0.534. The second kappa shape index (κ2) is 5.10. The van der Waals surface area contributed by atoms with Crippen LogP contribution in [0, 0.1) is 0 Å². The molecule has 86 valence electrons. The Labute approximate surface area is 92.4 Å². The predicted molar refractivity (Wildman–Crippen MR) is 61.9 cm³/mol. The van der Waals surface area contributed by atoms with E-state index < -0.39 is 0 Å². The first-order valence-corrected chi connectivity index (χ1v) is 6.06. The summed E-state index contributed by atoms with van der Waals surface area (Å²) in [5.74, 6) is 0. The van der Waals surface area contributed by atoms with Crippen LogP contribution in [0.2, 0.25) is 0 Å². The van der Waals surface area contributed by atoms with Crippen LogP contribution in [0.5, 0.6) is 0 Å². The molecule has 0 aromatic heterocycles. The highest BCUT2D eigenvalue weighted by atomic mass is 16.3. The minimum Gasteiger partial charge on any atom is -0.391 e. The van der Waals surface area contributed by atoms with Gasteiger partial charge in [-0.2, -0.15) is 0 Å². The zero-order valence-electron chi connectivity index (χ0n) is 9.44. The standard InChI is InChI=1S/C12H22N2O/c1-2-3-4-5-12(15)11-10-13-6-8-14(11)9-7-13/h2,11-12,15H,1,3-10H2. The minimum absolute atomic E-state index is 0.145. The van der Waals surface area contributed by atoms with Crippen LogP contribution in [0.15, 0.2) is 12.7 Å². The van der Waals surface area contributed by atoms with E-state index in [-0.39, 0.29) is 6.10 Å². The van der Waals surface area contributed by atoms with Crippen molar-refractivity contribution in [3.63, 3.8) is 0 Å². The van der Waals surface area contributed by atoms with Crippen LogP contribution in [0.25, 0.3) is 0 Å². The lowest BCUT2D eigenvalue weighted by Gasteiger charge is -2.49. The molecular formula is C12H22N2O. The summed E-state index contributed by atoms with van der Waals surface area (Å²) in [6, 6.07) is 0.386. The summed E-state index contributed by atoms with van der Waals surface area (Å²) in [6.45, 7) is 9.44. The molecule has 0 radical (unpaired) electrons. The van der Waals surface area contributed by atoms with E-state index in [4.69, 9.17) is 0 Å². The predicted octanol–water partition coefficient (Wildman–Crippen LogP) is 0.703. The Kier molecular flexibility index (Phi) is 3.78. The largest absolute Gasteiger partial charge is 0.391 e. The SMILES string of the molecule is C=CCCCC(O)C1CN2CCN1CC2.